The number of hydrogen-bond acceptors (Lipinski definition) is 6. The van der Waals surface area contributed by atoms with Crippen molar-refractivity contribution in [3.05, 3.63) is 79.2 Å². The fourth-order valence-electron chi connectivity index (χ4n) is 3.48. The average molecular weight is 444 g/mol. The van der Waals surface area contributed by atoms with E-state index in [0.29, 0.717) is 35.3 Å². The number of fused-ring (bicyclic) bond motifs is 1. The maximum atomic E-state index is 13.0. The highest BCUT2D eigenvalue weighted by atomic mass is 16.5. The fourth-order valence-corrected chi connectivity index (χ4v) is 3.48. The van der Waals surface area contributed by atoms with Crippen molar-refractivity contribution in [1.82, 2.24) is 15.0 Å². The van der Waals surface area contributed by atoms with Gasteiger partial charge in [-0.15, -0.1) is 6.58 Å². The third kappa shape index (κ3) is 4.79. The number of nitrogens with zero attached hydrogens (tertiary/aromatic N) is 3. The summed E-state index contributed by atoms with van der Waals surface area (Å²) in [6.45, 7) is 4.19. The summed E-state index contributed by atoms with van der Waals surface area (Å²) in [5.41, 5.74) is 1.43. The number of anilines is 1. The number of carbonyl (C=O) groups is 1. The molecule has 4 aromatic rings. The number of methoxy groups -OCH3 is 2. The minimum absolute atomic E-state index is 0.128. The van der Waals surface area contributed by atoms with Crippen LogP contribution in [-0.4, -0.2) is 41.8 Å². The van der Waals surface area contributed by atoms with E-state index in [1.165, 1.54) is 0 Å². The molecule has 168 valence electrons. The second-order valence-electron chi connectivity index (χ2n) is 7.21. The van der Waals surface area contributed by atoms with Gasteiger partial charge in [-0.3, -0.25) is 0 Å². The summed E-state index contributed by atoms with van der Waals surface area (Å²) in [4.78, 5) is 19.0. The SMILES string of the molecule is C=CCN(Cc1nc(-c2ccc(OC)c(OC)c2)no1)C(=O)Nc1cccc2ccccc12. The standard InChI is InChI=1S/C25H24N4O4/c1-4-14-29(25(30)26-20-11-7-9-17-8-5-6-10-19(17)20)16-23-27-24(28-33-23)18-12-13-21(31-2)22(15-18)32-3/h4-13,15H,1,14,16H2,2-3H3,(H,26,30). The first-order valence-electron chi connectivity index (χ1n) is 10.3. The molecule has 0 unspecified atom stereocenters. The maximum absolute atomic E-state index is 13.0. The van der Waals surface area contributed by atoms with Crippen molar-refractivity contribution >= 4 is 22.5 Å². The molecule has 0 aliphatic rings. The van der Waals surface area contributed by atoms with Crippen LogP contribution in [-0.2, 0) is 6.54 Å². The van der Waals surface area contributed by atoms with Crippen LogP contribution in [0.25, 0.3) is 22.2 Å². The zero-order valence-electron chi connectivity index (χ0n) is 18.4. The smallest absolute Gasteiger partial charge is 0.322 e. The van der Waals surface area contributed by atoms with Gasteiger partial charge in [0, 0.05) is 17.5 Å². The van der Waals surface area contributed by atoms with Crippen molar-refractivity contribution in [1.29, 1.82) is 0 Å². The highest BCUT2D eigenvalue weighted by Crippen LogP contribution is 2.31. The Kier molecular flexibility index (Phi) is 6.54. The van der Waals surface area contributed by atoms with Crippen molar-refractivity contribution in [2.45, 2.75) is 6.54 Å². The number of carbonyl (C=O) groups excluding carboxylic acids is 1. The minimum Gasteiger partial charge on any atom is -0.493 e. The molecule has 3 aromatic carbocycles. The summed E-state index contributed by atoms with van der Waals surface area (Å²) < 4.78 is 16.0. The maximum Gasteiger partial charge on any atom is 0.322 e. The molecule has 0 aliphatic carbocycles. The van der Waals surface area contributed by atoms with Crippen LogP contribution < -0.4 is 14.8 Å². The first-order valence-corrected chi connectivity index (χ1v) is 10.3. The van der Waals surface area contributed by atoms with Crippen LogP contribution in [0, 0.1) is 0 Å². The van der Waals surface area contributed by atoms with Gasteiger partial charge < -0.3 is 24.2 Å². The Labute approximate surface area is 191 Å². The number of benzene rings is 3. The van der Waals surface area contributed by atoms with Crippen LogP contribution in [0.2, 0.25) is 0 Å². The van der Waals surface area contributed by atoms with Crippen LogP contribution in [0.1, 0.15) is 5.89 Å². The summed E-state index contributed by atoms with van der Waals surface area (Å²) in [6.07, 6.45) is 1.65. The van der Waals surface area contributed by atoms with E-state index in [1.54, 1.807) is 37.3 Å². The number of rotatable bonds is 8. The summed E-state index contributed by atoms with van der Waals surface area (Å²) in [5, 5.41) is 9.03. The zero-order valence-corrected chi connectivity index (χ0v) is 18.4. The highest BCUT2D eigenvalue weighted by Gasteiger charge is 2.19. The van der Waals surface area contributed by atoms with Crippen LogP contribution >= 0.6 is 0 Å². The first kappa shape index (κ1) is 21.9. The number of urea groups is 1. The molecule has 0 bridgehead atoms. The van der Waals surface area contributed by atoms with Crippen LogP contribution in [0.15, 0.2) is 77.8 Å². The van der Waals surface area contributed by atoms with Gasteiger partial charge in [0.1, 0.15) is 6.54 Å². The van der Waals surface area contributed by atoms with Gasteiger partial charge in [0.2, 0.25) is 11.7 Å². The Morgan fingerprint density at radius 1 is 1.09 bits per heavy atom. The predicted octanol–water partition coefficient (Wildman–Crippen LogP) is 5.13. The van der Waals surface area contributed by atoms with E-state index >= 15 is 0 Å². The Morgan fingerprint density at radius 2 is 1.88 bits per heavy atom. The molecule has 0 spiro atoms. The summed E-state index contributed by atoms with van der Waals surface area (Å²) in [5.74, 6) is 1.85. The molecule has 1 aromatic heterocycles. The lowest BCUT2D eigenvalue weighted by molar-refractivity contribution is 0.206. The molecule has 1 heterocycles. The van der Waals surface area contributed by atoms with Crippen molar-refractivity contribution in [2.75, 3.05) is 26.1 Å². The summed E-state index contributed by atoms with van der Waals surface area (Å²) in [7, 11) is 3.13. The summed E-state index contributed by atoms with van der Waals surface area (Å²) in [6, 6.07) is 18.7. The van der Waals surface area contributed by atoms with Crippen LogP contribution in [0.3, 0.4) is 0 Å². The Balaban J connectivity index is 1.52. The van der Waals surface area contributed by atoms with Gasteiger partial charge in [-0.05, 0) is 29.7 Å². The van der Waals surface area contributed by atoms with Gasteiger partial charge in [-0.25, -0.2) is 4.79 Å². The molecule has 0 aliphatic heterocycles. The van der Waals surface area contributed by atoms with Crippen LogP contribution in [0.4, 0.5) is 10.5 Å². The Hall–Kier alpha value is -4.33. The molecule has 0 fully saturated rings. The number of hydrogen-bond donors (Lipinski definition) is 1. The molecule has 8 nitrogen and oxygen atoms in total. The van der Waals surface area contributed by atoms with Gasteiger partial charge in [0.05, 0.1) is 19.9 Å². The van der Waals surface area contributed by atoms with E-state index in [-0.39, 0.29) is 12.6 Å². The second kappa shape index (κ2) is 9.86. The van der Waals surface area contributed by atoms with Gasteiger partial charge in [0.25, 0.3) is 0 Å². The average Bonchev–Trinajstić information content (AvgIpc) is 3.32. The quantitative estimate of drug-likeness (QED) is 0.379. The molecule has 0 radical (unpaired) electrons. The number of amides is 2. The van der Waals surface area contributed by atoms with E-state index in [0.717, 1.165) is 16.5 Å². The van der Waals surface area contributed by atoms with E-state index in [9.17, 15) is 4.79 Å². The molecule has 0 saturated heterocycles. The lowest BCUT2D eigenvalue weighted by Gasteiger charge is -2.20. The molecule has 2 amide bonds. The monoisotopic (exact) mass is 444 g/mol. The van der Waals surface area contributed by atoms with Gasteiger partial charge in [-0.2, -0.15) is 4.98 Å². The fraction of sp³-hybridized carbons (Fsp3) is 0.160. The Morgan fingerprint density at radius 3 is 2.67 bits per heavy atom. The van der Waals surface area contributed by atoms with Gasteiger partial charge in [-0.1, -0.05) is 47.6 Å². The lowest BCUT2D eigenvalue weighted by atomic mass is 10.1. The minimum atomic E-state index is -0.294. The van der Waals surface area contributed by atoms with E-state index in [1.807, 2.05) is 48.5 Å². The normalized spacial score (nSPS) is 10.6. The number of nitrogens with one attached hydrogen (secondary N) is 1. The molecular weight excluding hydrogens is 420 g/mol. The van der Waals surface area contributed by atoms with E-state index in [2.05, 4.69) is 22.0 Å². The van der Waals surface area contributed by atoms with Crippen molar-refractivity contribution < 1.29 is 18.8 Å². The van der Waals surface area contributed by atoms with E-state index in [4.69, 9.17) is 14.0 Å². The predicted molar refractivity (Wildman–Crippen MR) is 126 cm³/mol. The molecule has 0 saturated carbocycles. The molecule has 8 heteroatoms. The first-order chi connectivity index (χ1) is 16.1. The zero-order chi connectivity index (χ0) is 23.2. The topological polar surface area (TPSA) is 89.7 Å². The molecule has 1 N–H and O–H groups in total. The largest absolute Gasteiger partial charge is 0.493 e. The van der Waals surface area contributed by atoms with Crippen molar-refractivity contribution in [3.8, 4) is 22.9 Å². The second-order valence-corrected chi connectivity index (χ2v) is 7.21. The third-order valence-corrected chi connectivity index (χ3v) is 5.10. The van der Waals surface area contributed by atoms with Gasteiger partial charge >= 0.3 is 6.03 Å². The van der Waals surface area contributed by atoms with Gasteiger partial charge in [0.15, 0.2) is 11.5 Å². The molecule has 4 rings (SSSR count). The molecule has 33 heavy (non-hydrogen) atoms. The number of ether oxygens (including phenoxy) is 2. The summed E-state index contributed by atoms with van der Waals surface area (Å²) >= 11 is 0. The molecular formula is C25H24N4O4. The third-order valence-electron chi connectivity index (χ3n) is 5.10. The lowest BCUT2D eigenvalue weighted by Crippen LogP contribution is -2.34. The van der Waals surface area contributed by atoms with E-state index < -0.39 is 0 Å². The van der Waals surface area contributed by atoms with Crippen molar-refractivity contribution in [2.24, 2.45) is 0 Å². The Bertz CT molecular complexity index is 1280. The van der Waals surface area contributed by atoms with Crippen molar-refractivity contribution in [3.63, 3.8) is 0 Å². The van der Waals surface area contributed by atoms with Crippen LogP contribution in [0.5, 0.6) is 11.5 Å². The molecule has 0 atom stereocenters. The highest BCUT2D eigenvalue weighted by molar-refractivity contribution is 6.01. The number of aromatic nitrogens is 2.